The lowest BCUT2D eigenvalue weighted by Crippen LogP contribution is -2.48. The number of hydrogen-bond donors (Lipinski definition) is 2. The molecule has 2 N–H and O–H groups in total. The van der Waals surface area contributed by atoms with Crippen LogP contribution in [-0.2, 0) is 6.54 Å². The minimum atomic E-state index is 0.608. The number of likely N-dealkylation sites (N-methyl/N-ethyl adjacent to an activating group) is 1. The fourth-order valence-corrected chi connectivity index (χ4v) is 3.32. The maximum atomic E-state index is 5.47. The van der Waals surface area contributed by atoms with Crippen molar-refractivity contribution in [3.8, 4) is 5.75 Å². The number of benzene rings is 1. The third-order valence-corrected chi connectivity index (χ3v) is 4.77. The fraction of sp³-hybridized carbons (Fsp3) is 0.632. The molecule has 1 heterocycles. The maximum absolute atomic E-state index is 5.47. The van der Waals surface area contributed by atoms with Gasteiger partial charge in [-0.1, -0.05) is 25.5 Å². The summed E-state index contributed by atoms with van der Waals surface area (Å²) in [5.41, 5.74) is 2.34. The first-order valence-corrected chi connectivity index (χ1v) is 9.00. The Kier molecular flexibility index (Phi) is 7.37. The third-order valence-electron chi connectivity index (χ3n) is 4.77. The van der Waals surface area contributed by atoms with Crippen LogP contribution >= 0.6 is 0 Å². The van der Waals surface area contributed by atoms with E-state index in [9.17, 15) is 0 Å². The summed E-state index contributed by atoms with van der Waals surface area (Å²) in [7, 11) is 3.54. The van der Waals surface area contributed by atoms with Gasteiger partial charge in [-0.3, -0.25) is 9.89 Å². The molecule has 1 unspecified atom stereocenters. The van der Waals surface area contributed by atoms with Crippen LogP contribution in [0.2, 0.25) is 0 Å². The van der Waals surface area contributed by atoms with Gasteiger partial charge in [-0.15, -0.1) is 0 Å². The Morgan fingerprint density at radius 2 is 2.17 bits per heavy atom. The van der Waals surface area contributed by atoms with Gasteiger partial charge in [-0.05, 0) is 44.5 Å². The second-order valence-electron chi connectivity index (χ2n) is 6.40. The smallest absolute Gasteiger partial charge is 0.191 e. The molecule has 5 nitrogen and oxygen atoms in total. The van der Waals surface area contributed by atoms with E-state index in [-0.39, 0.29) is 0 Å². The number of ether oxygens (including phenoxy) is 1. The summed E-state index contributed by atoms with van der Waals surface area (Å²) in [6.45, 7) is 8.30. The average Bonchev–Trinajstić information content (AvgIpc) is 2.62. The zero-order valence-corrected chi connectivity index (χ0v) is 15.6. The Bertz CT molecular complexity index is 544. The van der Waals surface area contributed by atoms with Crippen LogP contribution in [-0.4, -0.2) is 50.7 Å². The third kappa shape index (κ3) is 5.13. The number of guanidine groups is 1. The predicted octanol–water partition coefficient (Wildman–Crippen LogP) is 2.54. The summed E-state index contributed by atoms with van der Waals surface area (Å²) in [5, 5.41) is 6.87. The number of aliphatic imine (C=N–C) groups is 1. The van der Waals surface area contributed by atoms with E-state index < -0.39 is 0 Å². The molecule has 0 spiro atoms. The average molecular weight is 332 g/mol. The standard InChI is InChI=1S/C19H32N4O/c1-5-23-11-7-6-8-17(23)14-22-19(20-3)21-13-16-10-9-15(2)12-18(16)24-4/h9-10,12,17H,5-8,11,13-14H2,1-4H3,(H2,20,21,22). The van der Waals surface area contributed by atoms with Crippen molar-refractivity contribution < 1.29 is 4.74 Å². The molecule has 134 valence electrons. The molecular formula is C19H32N4O. The van der Waals surface area contributed by atoms with Crippen molar-refractivity contribution in [2.75, 3.05) is 33.8 Å². The summed E-state index contributed by atoms with van der Waals surface area (Å²) in [4.78, 5) is 6.91. The van der Waals surface area contributed by atoms with E-state index in [0.717, 1.165) is 30.4 Å². The van der Waals surface area contributed by atoms with Crippen LogP contribution < -0.4 is 15.4 Å². The van der Waals surface area contributed by atoms with Crippen molar-refractivity contribution in [2.45, 2.75) is 45.7 Å². The number of aryl methyl sites for hydroxylation is 1. The molecule has 1 aliphatic rings. The van der Waals surface area contributed by atoms with Crippen LogP contribution in [0, 0.1) is 6.92 Å². The number of hydrogen-bond acceptors (Lipinski definition) is 3. The van der Waals surface area contributed by atoms with Gasteiger partial charge in [0.15, 0.2) is 5.96 Å². The molecule has 1 atom stereocenters. The van der Waals surface area contributed by atoms with Crippen molar-refractivity contribution in [1.82, 2.24) is 15.5 Å². The van der Waals surface area contributed by atoms with Crippen LogP contribution in [0.5, 0.6) is 5.75 Å². The number of methoxy groups -OCH3 is 1. The lowest BCUT2D eigenvalue weighted by Gasteiger charge is -2.35. The van der Waals surface area contributed by atoms with Gasteiger partial charge in [0.25, 0.3) is 0 Å². The molecule has 1 fully saturated rings. The van der Waals surface area contributed by atoms with Crippen molar-refractivity contribution >= 4 is 5.96 Å². The highest BCUT2D eigenvalue weighted by Crippen LogP contribution is 2.19. The van der Waals surface area contributed by atoms with Gasteiger partial charge in [0, 0.05) is 31.7 Å². The van der Waals surface area contributed by atoms with Crippen LogP contribution in [0.1, 0.15) is 37.3 Å². The summed E-state index contributed by atoms with van der Waals surface area (Å²) >= 11 is 0. The lowest BCUT2D eigenvalue weighted by atomic mass is 10.0. The van der Waals surface area contributed by atoms with Crippen LogP contribution in [0.25, 0.3) is 0 Å². The van der Waals surface area contributed by atoms with Gasteiger partial charge in [0.1, 0.15) is 5.75 Å². The molecule has 0 aliphatic carbocycles. The number of nitrogens with zero attached hydrogens (tertiary/aromatic N) is 2. The number of likely N-dealkylation sites (tertiary alicyclic amines) is 1. The summed E-state index contributed by atoms with van der Waals surface area (Å²) in [5.74, 6) is 1.77. The van der Waals surface area contributed by atoms with Gasteiger partial charge >= 0.3 is 0 Å². The Labute approximate surface area is 146 Å². The second kappa shape index (κ2) is 9.52. The van der Waals surface area contributed by atoms with Gasteiger partial charge in [0.2, 0.25) is 0 Å². The molecule has 2 rings (SSSR count). The van der Waals surface area contributed by atoms with E-state index in [1.165, 1.54) is 31.4 Å². The first kappa shape index (κ1) is 18.6. The molecule has 0 radical (unpaired) electrons. The highest BCUT2D eigenvalue weighted by Gasteiger charge is 2.20. The molecule has 1 aromatic rings. The van der Waals surface area contributed by atoms with E-state index in [2.05, 4.69) is 52.6 Å². The molecule has 0 bridgehead atoms. The summed E-state index contributed by atoms with van der Waals surface area (Å²) in [6, 6.07) is 6.89. The van der Waals surface area contributed by atoms with Crippen molar-refractivity contribution in [3.63, 3.8) is 0 Å². The molecule has 0 aromatic heterocycles. The van der Waals surface area contributed by atoms with E-state index in [0.29, 0.717) is 12.6 Å². The lowest BCUT2D eigenvalue weighted by molar-refractivity contribution is 0.157. The molecule has 1 saturated heterocycles. The molecule has 1 aromatic carbocycles. The minimum absolute atomic E-state index is 0.608. The molecule has 0 amide bonds. The Hall–Kier alpha value is -1.75. The molecular weight excluding hydrogens is 300 g/mol. The van der Waals surface area contributed by atoms with E-state index in [4.69, 9.17) is 4.74 Å². The monoisotopic (exact) mass is 332 g/mol. The summed E-state index contributed by atoms with van der Waals surface area (Å²) < 4.78 is 5.47. The van der Waals surface area contributed by atoms with Crippen LogP contribution in [0.4, 0.5) is 0 Å². The largest absolute Gasteiger partial charge is 0.496 e. The molecule has 24 heavy (non-hydrogen) atoms. The highest BCUT2D eigenvalue weighted by molar-refractivity contribution is 5.79. The predicted molar refractivity (Wildman–Crippen MR) is 101 cm³/mol. The van der Waals surface area contributed by atoms with Crippen LogP contribution in [0.3, 0.4) is 0 Å². The topological polar surface area (TPSA) is 48.9 Å². The van der Waals surface area contributed by atoms with Gasteiger partial charge in [-0.25, -0.2) is 0 Å². The van der Waals surface area contributed by atoms with Crippen LogP contribution in [0.15, 0.2) is 23.2 Å². The minimum Gasteiger partial charge on any atom is -0.496 e. The van der Waals surface area contributed by atoms with E-state index >= 15 is 0 Å². The van der Waals surface area contributed by atoms with Gasteiger partial charge in [-0.2, -0.15) is 0 Å². The molecule has 0 saturated carbocycles. The first-order chi connectivity index (χ1) is 11.7. The SMILES string of the molecule is CCN1CCCCC1CNC(=NC)NCc1ccc(C)cc1OC. The number of rotatable bonds is 6. The zero-order chi connectivity index (χ0) is 17.4. The Morgan fingerprint density at radius 3 is 2.88 bits per heavy atom. The Morgan fingerprint density at radius 1 is 1.33 bits per heavy atom. The number of nitrogens with one attached hydrogen (secondary N) is 2. The highest BCUT2D eigenvalue weighted by atomic mass is 16.5. The molecule has 5 heteroatoms. The number of piperidine rings is 1. The second-order valence-corrected chi connectivity index (χ2v) is 6.40. The van der Waals surface area contributed by atoms with Crippen molar-refractivity contribution in [2.24, 2.45) is 4.99 Å². The van der Waals surface area contributed by atoms with E-state index in [1.54, 1.807) is 7.11 Å². The quantitative estimate of drug-likeness (QED) is 0.621. The van der Waals surface area contributed by atoms with Gasteiger partial charge in [0.05, 0.1) is 7.11 Å². The van der Waals surface area contributed by atoms with Gasteiger partial charge < -0.3 is 15.4 Å². The van der Waals surface area contributed by atoms with E-state index in [1.807, 2.05) is 7.05 Å². The van der Waals surface area contributed by atoms with Crippen molar-refractivity contribution in [3.05, 3.63) is 29.3 Å². The van der Waals surface area contributed by atoms with Crippen molar-refractivity contribution in [1.29, 1.82) is 0 Å². The molecule has 1 aliphatic heterocycles. The first-order valence-electron chi connectivity index (χ1n) is 9.00. The Balaban J connectivity index is 1.86. The zero-order valence-electron chi connectivity index (χ0n) is 15.6. The fourth-order valence-electron chi connectivity index (χ4n) is 3.32. The summed E-state index contributed by atoms with van der Waals surface area (Å²) in [6.07, 6.45) is 3.92. The maximum Gasteiger partial charge on any atom is 0.191 e. The normalized spacial score (nSPS) is 19.2.